The van der Waals surface area contributed by atoms with Gasteiger partial charge in [0.15, 0.2) is 0 Å². The molecule has 0 spiro atoms. The van der Waals surface area contributed by atoms with Gasteiger partial charge in [0.05, 0.1) is 12.0 Å². The van der Waals surface area contributed by atoms with Crippen LogP contribution in [-0.4, -0.2) is 36.5 Å². The van der Waals surface area contributed by atoms with Crippen molar-refractivity contribution in [2.75, 3.05) is 19.6 Å². The van der Waals surface area contributed by atoms with Crippen LogP contribution in [0.3, 0.4) is 0 Å². The second-order valence-corrected chi connectivity index (χ2v) is 7.12. The maximum atomic E-state index is 13.3. The number of halogens is 1. The molecule has 142 valence electrons. The van der Waals surface area contributed by atoms with Crippen LogP contribution < -0.4 is 15.6 Å². The van der Waals surface area contributed by atoms with Crippen LogP contribution in [0.25, 0.3) is 0 Å². The summed E-state index contributed by atoms with van der Waals surface area (Å²) in [5.74, 6) is 0.306. The third-order valence-corrected chi connectivity index (χ3v) is 5.31. The van der Waals surface area contributed by atoms with Crippen LogP contribution in [-0.2, 0) is 4.79 Å². The number of nitrogens with one attached hydrogen (secondary N) is 2. The van der Waals surface area contributed by atoms with Crippen LogP contribution in [0, 0.1) is 11.7 Å². The van der Waals surface area contributed by atoms with Gasteiger partial charge in [0.25, 0.3) is 0 Å². The van der Waals surface area contributed by atoms with Gasteiger partial charge in [-0.3, -0.25) is 10.2 Å². The van der Waals surface area contributed by atoms with Gasteiger partial charge >= 0.3 is 0 Å². The molecule has 2 atom stereocenters. The standard InChI is InChI=1S/C21H24FN3O2/c22-16-7-4-8-18(13-16)27-17-9-11-25(12-10-17)21(26)19-14-23-24-20(19)15-5-2-1-3-6-15/h1-8,13,17,19-20,23-24H,9-12,14H2. The minimum Gasteiger partial charge on any atom is -0.490 e. The zero-order chi connectivity index (χ0) is 18.6. The summed E-state index contributed by atoms with van der Waals surface area (Å²) in [7, 11) is 0. The average Bonchev–Trinajstić information content (AvgIpc) is 3.19. The molecule has 2 aliphatic rings. The number of piperidine rings is 1. The molecule has 0 aliphatic carbocycles. The number of carbonyl (C=O) groups is 1. The molecule has 0 saturated carbocycles. The van der Waals surface area contributed by atoms with Gasteiger partial charge in [-0.2, -0.15) is 0 Å². The van der Waals surface area contributed by atoms with Crippen molar-refractivity contribution < 1.29 is 13.9 Å². The maximum absolute atomic E-state index is 13.3. The van der Waals surface area contributed by atoms with Gasteiger partial charge in [0.2, 0.25) is 5.91 Å². The normalized spacial score (nSPS) is 23.4. The fourth-order valence-electron chi connectivity index (χ4n) is 3.86. The molecular weight excluding hydrogens is 345 g/mol. The van der Waals surface area contributed by atoms with E-state index in [1.165, 1.54) is 12.1 Å². The summed E-state index contributed by atoms with van der Waals surface area (Å²) >= 11 is 0. The molecule has 0 radical (unpaired) electrons. The second-order valence-electron chi connectivity index (χ2n) is 7.12. The third kappa shape index (κ3) is 4.12. The first-order valence-electron chi connectivity index (χ1n) is 9.45. The van der Waals surface area contributed by atoms with Crippen molar-refractivity contribution >= 4 is 5.91 Å². The van der Waals surface area contributed by atoms with Crippen LogP contribution in [0.15, 0.2) is 54.6 Å². The topological polar surface area (TPSA) is 53.6 Å². The number of nitrogens with zero attached hydrogens (tertiary/aromatic N) is 1. The molecule has 1 amide bonds. The van der Waals surface area contributed by atoms with Crippen LogP contribution in [0.4, 0.5) is 4.39 Å². The van der Waals surface area contributed by atoms with Gasteiger partial charge < -0.3 is 9.64 Å². The molecule has 2 saturated heterocycles. The Morgan fingerprint density at radius 2 is 1.85 bits per heavy atom. The molecule has 2 fully saturated rings. The van der Waals surface area contributed by atoms with E-state index in [0.717, 1.165) is 18.4 Å². The molecular formula is C21H24FN3O2. The van der Waals surface area contributed by atoms with Crippen LogP contribution >= 0.6 is 0 Å². The molecule has 2 aliphatic heterocycles. The van der Waals surface area contributed by atoms with Gasteiger partial charge in [-0.05, 0) is 17.7 Å². The fourth-order valence-corrected chi connectivity index (χ4v) is 3.86. The van der Waals surface area contributed by atoms with E-state index in [0.29, 0.717) is 25.4 Å². The summed E-state index contributed by atoms with van der Waals surface area (Å²) in [5.41, 5.74) is 7.48. The van der Waals surface area contributed by atoms with Crippen LogP contribution in [0.5, 0.6) is 5.75 Å². The Hall–Kier alpha value is -2.44. The predicted molar refractivity (Wildman–Crippen MR) is 100 cm³/mol. The number of likely N-dealkylation sites (tertiary alicyclic amines) is 1. The second kappa shape index (κ2) is 8.06. The van der Waals surface area contributed by atoms with Crippen LogP contribution in [0.2, 0.25) is 0 Å². The van der Waals surface area contributed by atoms with Crippen molar-refractivity contribution in [1.29, 1.82) is 0 Å². The number of hydrazine groups is 1. The van der Waals surface area contributed by atoms with Crippen molar-refractivity contribution in [3.05, 3.63) is 66.0 Å². The van der Waals surface area contributed by atoms with E-state index in [2.05, 4.69) is 10.9 Å². The number of rotatable bonds is 4. The fraction of sp³-hybridized carbons (Fsp3) is 0.381. The highest BCUT2D eigenvalue weighted by Gasteiger charge is 2.37. The molecule has 5 nitrogen and oxygen atoms in total. The van der Waals surface area contributed by atoms with E-state index in [-0.39, 0.29) is 29.8 Å². The molecule has 6 heteroatoms. The van der Waals surface area contributed by atoms with Crippen molar-refractivity contribution in [3.8, 4) is 5.75 Å². The molecule has 2 heterocycles. The molecule has 0 aromatic heterocycles. The summed E-state index contributed by atoms with van der Waals surface area (Å²) in [6.07, 6.45) is 1.53. The first kappa shape index (κ1) is 17.9. The number of benzene rings is 2. The summed E-state index contributed by atoms with van der Waals surface area (Å²) in [5, 5.41) is 0. The summed E-state index contributed by atoms with van der Waals surface area (Å²) in [6.45, 7) is 1.95. The molecule has 2 N–H and O–H groups in total. The first-order chi connectivity index (χ1) is 13.2. The molecule has 2 aromatic rings. The van der Waals surface area contributed by atoms with Gasteiger partial charge in [-0.15, -0.1) is 0 Å². The lowest BCUT2D eigenvalue weighted by atomic mass is 9.93. The minimum absolute atomic E-state index is 0.0139. The van der Waals surface area contributed by atoms with E-state index >= 15 is 0 Å². The van der Waals surface area contributed by atoms with Gasteiger partial charge in [-0.1, -0.05) is 36.4 Å². The van der Waals surface area contributed by atoms with E-state index in [9.17, 15) is 9.18 Å². The quantitative estimate of drug-likeness (QED) is 0.870. The van der Waals surface area contributed by atoms with Crippen molar-refractivity contribution in [2.24, 2.45) is 5.92 Å². The lowest BCUT2D eigenvalue weighted by Crippen LogP contribution is -2.45. The number of hydrogen-bond acceptors (Lipinski definition) is 4. The van der Waals surface area contributed by atoms with Crippen LogP contribution in [0.1, 0.15) is 24.4 Å². The maximum Gasteiger partial charge on any atom is 0.229 e. The SMILES string of the molecule is O=C(C1CNNC1c1ccccc1)N1CCC(Oc2cccc(F)c2)CC1. The highest BCUT2D eigenvalue weighted by atomic mass is 19.1. The van der Waals surface area contributed by atoms with Gasteiger partial charge in [-0.25, -0.2) is 9.82 Å². The molecule has 2 unspecified atom stereocenters. The zero-order valence-electron chi connectivity index (χ0n) is 15.1. The highest BCUT2D eigenvalue weighted by Crippen LogP contribution is 2.28. The Kier molecular flexibility index (Phi) is 5.36. The average molecular weight is 369 g/mol. The minimum atomic E-state index is -0.298. The lowest BCUT2D eigenvalue weighted by molar-refractivity contribution is -0.137. The molecule has 2 aromatic carbocycles. The largest absolute Gasteiger partial charge is 0.490 e. The smallest absolute Gasteiger partial charge is 0.229 e. The van der Waals surface area contributed by atoms with E-state index in [4.69, 9.17) is 4.74 Å². The lowest BCUT2D eigenvalue weighted by Gasteiger charge is -2.34. The number of carbonyl (C=O) groups excluding carboxylic acids is 1. The van der Waals surface area contributed by atoms with Crippen molar-refractivity contribution in [1.82, 2.24) is 15.8 Å². The molecule has 4 rings (SSSR count). The Labute approximate surface area is 158 Å². The monoisotopic (exact) mass is 369 g/mol. The Balaban J connectivity index is 1.34. The molecule has 0 bridgehead atoms. The highest BCUT2D eigenvalue weighted by molar-refractivity contribution is 5.80. The number of hydrogen-bond donors (Lipinski definition) is 2. The molecule has 27 heavy (non-hydrogen) atoms. The number of ether oxygens (including phenoxy) is 1. The van der Waals surface area contributed by atoms with Gasteiger partial charge in [0, 0.05) is 38.5 Å². The summed E-state index contributed by atoms with van der Waals surface area (Å²) < 4.78 is 19.2. The van der Waals surface area contributed by atoms with E-state index < -0.39 is 0 Å². The van der Waals surface area contributed by atoms with E-state index in [1.54, 1.807) is 12.1 Å². The zero-order valence-corrected chi connectivity index (χ0v) is 15.1. The summed E-state index contributed by atoms with van der Waals surface area (Å²) in [6, 6.07) is 16.3. The predicted octanol–water partition coefficient (Wildman–Crippen LogP) is 2.66. The summed E-state index contributed by atoms with van der Waals surface area (Å²) in [4.78, 5) is 15.0. The van der Waals surface area contributed by atoms with E-state index in [1.807, 2.05) is 35.2 Å². The van der Waals surface area contributed by atoms with Crippen molar-refractivity contribution in [2.45, 2.75) is 25.0 Å². The third-order valence-electron chi connectivity index (χ3n) is 5.31. The van der Waals surface area contributed by atoms with Crippen molar-refractivity contribution in [3.63, 3.8) is 0 Å². The Bertz CT molecular complexity index is 778. The number of amides is 1. The van der Waals surface area contributed by atoms with Gasteiger partial charge in [0.1, 0.15) is 17.7 Å². The Morgan fingerprint density at radius 3 is 2.59 bits per heavy atom. The first-order valence-corrected chi connectivity index (χ1v) is 9.45. The Morgan fingerprint density at radius 1 is 1.07 bits per heavy atom.